The molecule has 0 amide bonds. The van der Waals surface area contributed by atoms with Crippen molar-refractivity contribution in [3.63, 3.8) is 0 Å². The fourth-order valence-corrected chi connectivity index (χ4v) is 4.00. The Labute approximate surface area is 180 Å². The lowest BCUT2D eigenvalue weighted by Gasteiger charge is -2.35. The Morgan fingerprint density at radius 1 is 1.35 bits per heavy atom. The second kappa shape index (κ2) is 12.1. The first-order chi connectivity index (χ1) is 12.0. The molecule has 0 aromatic carbocycles. The number of likely N-dealkylation sites (tertiary alicyclic amines) is 1. The van der Waals surface area contributed by atoms with E-state index in [1.165, 1.54) is 31.6 Å². The van der Waals surface area contributed by atoms with E-state index in [0.717, 1.165) is 24.1 Å². The lowest BCUT2D eigenvalue weighted by Crippen LogP contribution is -2.46. The van der Waals surface area contributed by atoms with Gasteiger partial charge in [0.05, 0.1) is 12.2 Å². The molecule has 0 spiro atoms. The molecule has 2 N–H and O–H groups in total. The molecule has 2 heterocycles. The number of piperidine rings is 1. The monoisotopic (exact) mass is 493 g/mol. The van der Waals surface area contributed by atoms with Crippen LogP contribution in [-0.2, 0) is 6.54 Å². The molecule has 0 radical (unpaired) electrons. The summed E-state index contributed by atoms with van der Waals surface area (Å²) in [5.74, 6) is 2.09. The van der Waals surface area contributed by atoms with E-state index in [2.05, 4.69) is 60.5 Å². The van der Waals surface area contributed by atoms with Crippen LogP contribution in [0.3, 0.4) is 0 Å². The molecule has 0 bridgehead atoms. The Bertz CT molecular complexity index is 544. The molecular weight excluding hydrogens is 457 g/mol. The minimum atomic E-state index is 0. The summed E-state index contributed by atoms with van der Waals surface area (Å²) in [6.07, 6.45) is 2.61. The van der Waals surface area contributed by atoms with Crippen molar-refractivity contribution in [1.29, 1.82) is 0 Å². The normalized spacial score (nSPS) is 18.9. The SMILES string of the molecule is CCNC(=NCc1nc(C(C)C)cs1)NCC1CCCN(C(C)C)C1.I. The summed E-state index contributed by atoms with van der Waals surface area (Å²) >= 11 is 1.71. The van der Waals surface area contributed by atoms with Crippen LogP contribution in [-0.4, -0.2) is 48.1 Å². The lowest BCUT2D eigenvalue weighted by atomic mass is 9.97. The van der Waals surface area contributed by atoms with Gasteiger partial charge in [-0.2, -0.15) is 0 Å². The van der Waals surface area contributed by atoms with Gasteiger partial charge < -0.3 is 15.5 Å². The average Bonchev–Trinajstić information content (AvgIpc) is 3.07. The minimum absolute atomic E-state index is 0. The summed E-state index contributed by atoms with van der Waals surface area (Å²) in [5.41, 5.74) is 1.17. The lowest BCUT2D eigenvalue weighted by molar-refractivity contribution is 0.141. The van der Waals surface area contributed by atoms with Gasteiger partial charge in [0.25, 0.3) is 0 Å². The summed E-state index contributed by atoms with van der Waals surface area (Å²) in [6, 6.07) is 0.643. The quantitative estimate of drug-likeness (QED) is 0.342. The third-order valence-corrected chi connectivity index (χ3v) is 5.57. The molecule has 1 fully saturated rings. The molecule has 5 nitrogen and oxygen atoms in total. The van der Waals surface area contributed by atoms with Gasteiger partial charge in [0.15, 0.2) is 5.96 Å². The first-order valence-electron chi connectivity index (χ1n) is 9.70. The van der Waals surface area contributed by atoms with E-state index >= 15 is 0 Å². The van der Waals surface area contributed by atoms with Crippen LogP contribution in [0.25, 0.3) is 0 Å². The van der Waals surface area contributed by atoms with E-state index in [0.29, 0.717) is 24.4 Å². The number of halogens is 1. The van der Waals surface area contributed by atoms with Crippen LogP contribution >= 0.6 is 35.3 Å². The van der Waals surface area contributed by atoms with Crippen LogP contribution in [0, 0.1) is 5.92 Å². The highest BCUT2D eigenvalue weighted by Crippen LogP contribution is 2.19. The highest BCUT2D eigenvalue weighted by molar-refractivity contribution is 14.0. The van der Waals surface area contributed by atoms with Gasteiger partial charge in [0.1, 0.15) is 5.01 Å². The molecule has 1 aromatic heterocycles. The summed E-state index contributed by atoms with van der Waals surface area (Å²) in [7, 11) is 0. The van der Waals surface area contributed by atoms with Crippen LogP contribution in [0.1, 0.15) is 64.1 Å². The Balaban J connectivity index is 0.00000338. The van der Waals surface area contributed by atoms with Gasteiger partial charge in [-0.1, -0.05) is 13.8 Å². The topological polar surface area (TPSA) is 52.6 Å². The minimum Gasteiger partial charge on any atom is -0.357 e. The number of aromatic nitrogens is 1. The maximum absolute atomic E-state index is 4.72. The molecule has 2 rings (SSSR count). The fraction of sp³-hybridized carbons (Fsp3) is 0.789. The molecule has 0 aliphatic carbocycles. The van der Waals surface area contributed by atoms with Crippen molar-refractivity contribution in [3.8, 4) is 0 Å². The van der Waals surface area contributed by atoms with E-state index in [-0.39, 0.29) is 24.0 Å². The Hall–Kier alpha value is -0.410. The smallest absolute Gasteiger partial charge is 0.191 e. The van der Waals surface area contributed by atoms with Crippen LogP contribution in [0.15, 0.2) is 10.4 Å². The molecule has 1 aliphatic rings. The van der Waals surface area contributed by atoms with Crippen molar-refractivity contribution in [2.24, 2.45) is 10.9 Å². The average molecular weight is 494 g/mol. The maximum atomic E-state index is 4.72. The molecule has 26 heavy (non-hydrogen) atoms. The Kier molecular flexibility index (Phi) is 11.0. The third-order valence-electron chi connectivity index (χ3n) is 4.72. The summed E-state index contributed by atoms with van der Waals surface area (Å²) in [5, 5.41) is 10.1. The second-order valence-corrected chi connectivity index (χ2v) is 8.44. The number of nitrogens with zero attached hydrogens (tertiary/aromatic N) is 3. The van der Waals surface area contributed by atoms with E-state index in [9.17, 15) is 0 Å². The van der Waals surface area contributed by atoms with E-state index in [1.54, 1.807) is 11.3 Å². The standard InChI is InChI=1S/C19H35N5S.HI/c1-6-20-19(22-11-18-23-17(13-25-18)14(2)3)21-10-16-8-7-9-24(12-16)15(4)5;/h13-16H,6-12H2,1-5H3,(H2,20,21,22);1H. The van der Waals surface area contributed by atoms with Crippen LogP contribution in [0.5, 0.6) is 0 Å². The van der Waals surface area contributed by atoms with Gasteiger partial charge in [0, 0.05) is 31.1 Å². The largest absolute Gasteiger partial charge is 0.357 e. The van der Waals surface area contributed by atoms with Crippen LogP contribution < -0.4 is 10.6 Å². The third kappa shape index (κ3) is 7.68. The first kappa shape index (κ1) is 23.6. The summed E-state index contributed by atoms with van der Waals surface area (Å²) in [4.78, 5) is 12.0. The summed E-state index contributed by atoms with van der Waals surface area (Å²) < 4.78 is 0. The van der Waals surface area contributed by atoms with Crippen molar-refractivity contribution in [1.82, 2.24) is 20.5 Å². The van der Waals surface area contributed by atoms with Gasteiger partial charge in [-0.05, 0) is 52.0 Å². The zero-order valence-corrected chi connectivity index (χ0v) is 20.1. The predicted molar refractivity (Wildman–Crippen MR) is 124 cm³/mol. The molecule has 1 aliphatic heterocycles. The summed E-state index contributed by atoms with van der Waals surface area (Å²) in [6.45, 7) is 16.0. The molecule has 7 heteroatoms. The number of hydrogen-bond donors (Lipinski definition) is 2. The highest BCUT2D eigenvalue weighted by Gasteiger charge is 2.21. The zero-order chi connectivity index (χ0) is 18.2. The number of rotatable bonds is 7. The van der Waals surface area contributed by atoms with E-state index in [1.807, 2.05) is 0 Å². The van der Waals surface area contributed by atoms with Gasteiger partial charge in [-0.15, -0.1) is 35.3 Å². The maximum Gasteiger partial charge on any atom is 0.191 e. The molecule has 1 atom stereocenters. The fourth-order valence-electron chi connectivity index (χ4n) is 3.13. The van der Waals surface area contributed by atoms with Crippen molar-refractivity contribution < 1.29 is 0 Å². The first-order valence-corrected chi connectivity index (χ1v) is 10.6. The zero-order valence-electron chi connectivity index (χ0n) is 16.9. The number of thiazole rings is 1. The number of nitrogens with one attached hydrogen (secondary N) is 2. The molecule has 1 unspecified atom stereocenters. The molecular formula is C19H36IN5S. The van der Waals surface area contributed by atoms with E-state index in [4.69, 9.17) is 4.99 Å². The molecule has 1 saturated heterocycles. The van der Waals surface area contributed by atoms with Crippen LogP contribution in [0.2, 0.25) is 0 Å². The van der Waals surface area contributed by atoms with Crippen molar-refractivity contribution in [2.75, 3.05) is 26.2 Å². The molecule has 0 saturated carbocycles. The Morgan fingerprint density at radius 2 is 2.12 bits per heavy atom. The second-order valence-electron chi connectivity index (χ2n) is 7.49. The Morgan fingerprint density at radius 3 is 2.73 bits per heavy atom. The molecule has 150 valence electrons. The number of guanidine groups is 1. The van der Waals surface area contributed by atoms with Gasteiger partial charge in [0.2, 0.25) is 0 Å². The van der Waals surface area contributed by atoms with Crippen molar-refractivity contribution in [2.45, 2.75) is 66.0 Å². The van der Waals surface area contributed by atoms with Crippen molar-refractivity contribution >= 4 is 41.3 Å². The van der Waals surface area contributed by atoms with Crippen LogP contribution in [0.4, 0.5) is 0 Å². The molecule has 1 aromatic rings. The number of aliphatic imine (C=N–C) groups is 1. The van der Waals surface area contributed by atoms with Gasteiger partial charge in [-0.3, -0.25) is 0 Å². The predicted octanol–water partition coefficient (Wildman–Crippen LogP) is 4.06. The van der Waals surface area contributed by atoms with E-state index < -0.39 is 0 Å². The van der Waals surface area contributed by atoms with Gasteiger partial charge >= 0.3 is 0 Å². The number of hydrogen-bond acceptors (Lipinski definition) is 4. The van der Waals surface area contributed by atoms with Crippen molar-refractivity contribution in [3.05, 3.63) is 16.1 Å². The highest BCUT2D eigenvalue weighted by atomic mass is 127. The van der Waals surface area contributed by atoms with Gasteiger partial charge in [-0.25, -0.2) is 9.98 Å².